The number of ether oxygens (including phenoxy) is 1. The number of anilines is 1. The van der Waals surface area contributed by atoms with E-state index in [9.17, 15) is 19.9 Å². The van der Waals surface area contributed by atoms with Crippen molar-refractivity contribution >= 4 is 17.4 Å². The number of carbonyl (C=O) groups excluding carboxylic acids is 2. The summed E-state index contributed by atoms with van der Waals surface area (Å²) in [5.41, 5.74) is 10.8. The van der Waals surface area contributed by atoms with Crippen molar-refractivity contribution in [2.75, 3.05) is 5.73 Å². The van der Waals surface area contributed by atoms with Crippen LogP contribution in [-0.2, 0) is 11.2 Å². The number of hydrogen-bond donors (Lipinski definition) is 3. The van der Waals surface area contributed by atoms with E-state index in [2.05, 4.69) is 0 Å². The summed E-state index contributed by atoms with van der Waals surface area (Å²) in [4.78, 5) is 26.4. The molecule has 0 spiro atoms. The number of nitrogen functional groups attached to an aromatic ring is 1. The number of carbonyl (C=O) groups is 2. The molecule has 8 nitrogen and oxygen atoms in total. The minimum Gasteiger partial charge on any atom is -0.618 e. The first-order valence-electron chi connectivity index (χ1n) is 10.2. The first-order valence-corrected chi connectivity index (χ1v) is 10.2. The first kappa shape index (κ1) is 20.0. The molecule has 0 radical (unpaired) electrons. The van der Waals surface area contributed by atoms with Crippen LogP contribution in [0.3, 0.4) is 0 Å². The van der Waals surface area contributed by atoms with Gasteiger partial charge in [0.2, 0.25) is 11.1 Å². The molecular weight excluding hydrogens is 410 g/mol. The molecule has 5 N–H and O–H groups in total. The van der Waals surface area contributed by atoms with E-state index < -0.39 is 22.9 Å². The number of primary amides is 1. The molecule has 32 heavy (non-hydrogen) atoms. The fourth-order valence-corrected chi connectivity index (χ4v) is 4.94. The molecule has 0 fully saturated rings. The third kappa shape index (κ3) is 2.22. The molecule has 5 rings (SSSR count). The Morgan fingerprint density at radius 3 is 2.56 bits per heavy atom. The van der Waals surface area contributed by atoms with E-state index in [1.54, 1.807) is 12.1 Å². The van der Waals surface area contributed by atoms with E-state index in [0.29, 0.717) is 10.4 Å². The molecule has 8 heteroatoms. The van der Waals surface area contributed by atoms with Gasteiger partial charge in [-0.15, -0.1) is 0 Å². The molecule has 1 aromatic heterocycles. The Kier molecular flexibility index (Phi) is 3.94. The second-order valence-electron chi connectivity index (χ2n) is 8.50. The third-order valence-corrected chi connectivity index (χ3v) is 6.42. The van der Waals surface area contributed by atoms with Crippen LogP contribution in [-0.4, -0.2) is 16.8 Å². The van der Waals surface area contributed by atoms with Crippen molar-refractivity contribution in [3.05, 3.63) is 93.4 Å². The fourth-order valence-electron chi connectivity index (χ4n) is 4.94. The zero-order valence-electron chi connectivity index (χ0n) is 17.5. The lowest BCUT2D eigenvalue weighted by molar-refractivity contribution is -0.618. The average Bonchev–Trinajstić information content (AvgIpc) is 3.10. The van der Waals surface area contributed by atoms with Crippen LogP contribution in [0.2, 0.25) is 0 Å². The Morgan fingerprint density at radius 2 is 1.88 bits per heavy atom. The summed E-state index contributed by atoms with van der Waals surface area (Å²) in [6.45, 7) is 4.00. The van der Waals surface area contributed by atoms with Crippen LogP contribution < -0.4 is 20.9 Å². The van der Waals surface area contributed by atoms with Crippen molar-refractivity contribution in [3.8, 4) is 5.75 Å². The molecule has 162 valence electrons. The normalized spacial score (nSPS) is 22.9. The van der Waals surface area contributed by atoms with Crippen molar-refractivity contribution in [1.29, 1.82) is 0 Å². The molecule has 1 aliphatic heterocycles. The maximum atomic E-state index is 14.1. The third-order valence-electron chi connectivity index (χ3n) is 6.42. The predicted molar refractivity (Wildman–Crippen MR) is 115 cm³/mol. The molecule has 2 heterocycles. The van der Waals surface area contributed by atoms with Gasteiger partial charge < -0.3 is 26.5 Å². The molecule has 0 bridgehead atoms. The van der Waals surface area contributed by atoms with Crippen LogP contribution in [0.1, 0.15) is 62.9 Å². The van der Waals surface area contributed by atoms with Gasteiger partial charge in [0, 0.05) is 28.4 Å². The lowest BCUT2D eigenvalue weighted by Crippen LogP contribution is -2.56. The molecule has 1 aliphatic carbocycles. The number of ketones is 1. The number of aliphatic hydroxyl groups is 1. The van der Waals surface area contributed by atoms with Gasteiger partial charge in [-0.1, -0.05) is 26.0 Å². The molecule has 2 aliphatic rings. The lowest BCUT2D eigenvalue weighted by atomic mass is 9.69. The van der Waals surface area contributed by atoms with Gasteiger partial charge in [-0.05, 0) is 41.8 Å². The predicted octanol–water partition coefficient (Wildman–Crippen LogP) is 1.84. The number of pyridine rings is 1. The Balaban J connectivity index is 1.95. The fraction of sp³-hybridized carbons (Fsp3) is 0.208. The molecule has 2 atom stereocenters. The second-order valence-corrected chi connectivity index (χ2v) is 8.50. The number of hydrogen-bond acceptors (Lipinski definition) is 6. The molecular formula is C24H21N3O5. The zero-order valence-corrected chi connectivity index (χ0v) is 17.5. The van der Waals surface area contributed by atoms with Crippen LogP contribution in [0, 0.1) is 5.21 Å². The highest BCUT2D eigenvalue weighted by atomic mass is 16.6. The standard InChI is InChI=1S/C24H21N3O5/c1-12(2)13-5-7-18-19(10-13)32-24(30)17-8-6-14(25)11-16(17)21(28)23(18,24)20-15(22(26)29)4-3-9-27(20)31/h3-12,30H,25H2,1-2H3,(H2,26,29). The van der Waals surface area contributed by atoms with E-state index >= 15 is 0 Å². The molecule has 0 saturated heterocycles. The quantitative estimate of drug-likeness (QED) is 0.328. The van der Waals surface area contributed by atoms with Gasteiger partial charge in [0.25, 0.3) is 11.7 Å². The van der Waals surface area contributed by atoms with Gasteiger partial charge >= 0.3 is 0 Å². The summed E-state index contributed by atoms with van der Waals surface area (Å²) in [7, 11) is 0. The number of amides is 1. The van der Waals surface area contributed by atoms with Gasteiger partial charge in [0.15, 0.2) is 12.0 Å². The topological polar surface area (TPSA) is 143 Å². The number of benzene rings is 2. The minimum atomic E-state index is -2.28. The summed E-state index contributed by atoms with van der Waals surface area (Å²) < 4.78 is 6.48. The summed E-state index contributed by atoms with van der Waals surface area (Å²) in [5.74, 6) is -3.37. The lowest BCUT2D eigenvalue weighted by Gasteiger charge is -2.32. The Morgan fingerprint density at radius 1 is 1.16 bits per heavy atom. The Bertz CT molecular complexity index is 1340. The van der Waals surface area contributed by atoms with E-state index in [1.165, 1.54) is 30.3 Å². The van der Waals surface area contributed by atoms with E-state index in [4.69, 9.17) is 16.2 Å². The van der Waals surface area contributed by atoms with E-state index in [0.717, 1.165) is 11.8 Å². The smallest absolute Gasteiger partial charge is 0.263 e. The zero-order chi connectivity index (χ0) is 23.0. The molecule has 2 aromatic carbocycles. The monoisotopic (exact) mass is 431 g/mol. The molecule has 1 amide bonds. The van der Waals surface area contributed by atoms with Crippen LogP contribution in [0.5, 0.6) is 5.75 Å². The van der Waals surface area contributed by atoms with Crippen LogP contribution in [0.25, 0.3) is 0 Å². The van der Waals surface area contributed by atoms with Crippen molar-refractivity contribution in [2.24, 2.45) is 5.73 Å². The van der Waals surface area contributed by atoms with Crippen LogP contribution in [0.15, 0.2) is 54.7 Å². The van der Waals surface area contributed by atoms with E-state index in [1.807, 2.05) is 19.9 Å². The Hall–Kier alpha value is -3.91. The highest BCUT2D eigenvalue weighted by Gasteiger charge is 2.75. The first-order chi connectivity index (χ1) is 15.1. The summed E-state index contributed by atoms with van der Waals surface area (Å²) in [6, 6.07) is 12.4. The number of nitrogens with zero attached hydrogens (tertiary/aromatic N) is 1. The average molecular weight is 431 g/mol. The second kappa shape index (κ2) is 6.30. The SMILES string of the molecule is CC(C)c1ccc2c(c1)OC1(O)c3ccc(N)cc3C(=O)C21c1c(C(N)=O)ccc[n+]1[O-]. The highest BCUT2D eigenvalue weighted by molar-refractivity contribution is 6.14. The number of Topliss-reactive ketones (excluding diaryl/α,β-unsaturated/α-hetero) is 1. The number of rotatable bonds is 3. The van der Waals surface area contributed by atoms with E-state index in [-0.39, 0.29) is 39.6 Å². The largest absolute Gasteiger partial charge is 0.618 e. The minimum absolute atomic E-state index is 0.116. The van der Waals surface area contributed by atoms with Gasteiger partial charge in [0.1, 0.15) is 11.3 Å². The summed E-state index contributed by atoms with van der Waals surface area (Å²) in [6.07, 6.45) is 1.15. The van der Waals surface area contributed by atoms with Crippen molar-refractivity contribution < 1.29 is 24.2 Å². The summed E-state index contributed by atoms with van der Waals surface area (Å²) in [5, 5.41) is 25.2. The van der Waals surface area contributed by atoms with Gasteiger partial charge in [-0.3, -0.25) is 9.59 Å². The number of aromatic nitrogens is 1. The van der Waals surface area contributed by atoms with Crippen LogP contribution >= 0.6 is 0 Å². The molecule has 0 saturated carbocycles. The highest BCUT2D eigenvalue weighted by Crippen LogP contribution is 2.62. The van der Waals surface area contributed by atoms with Crippen molar-refractivity contribution in [1.82, 2.24) is 0 Å². The van der Waals surface area contributed by atoms with Gasteiger partial charge in [0.05, 0.1) is 0 Å². The van der Waals surface area contributed by atoms with Gasteiger partial charge in [-0.2, -0.15) is 4.73 Å². The van der Waals surface area contributed by atoms with Crippen LogP contribution in [0.4, 0.5) is 5.69 Å². The van der Waals surface area contributed by atoms with Crippen molar-refractivity contribution in [2.45, 2.75) is 31.0 Å². The number of fused-ring (bicyclic) bond motifs is 5. The molecule has 3 aromatic rings. The maximum Gasteiger partial charge on any atom is 0.263 e. The van der Waals surface area contributed by atoms with Gasteiger partial charge in [-0.25, -0.2) is 0 Å². The Labute approximate surface area is 183 Å². The maximum absolute atomic E-state index is 14.1. The molecule has 2 unspecified atom stereocenters. The summed E-state index contributed by atoms with van der Waals surface area (Å²) >= 11 is 0. The number of nitrogens with two attached hydrogens (primary N) is 2. The van der Waals surface area contributed by atoms with Crippen molar-refractivity contribution in [3.63, 3.8) is 0 Å².